The van der Waals surface area contributed by atoms with Crippen molar-refractivity contribution in [3.8, 4) is 0 Å². The molecule has 0 amide bonds. The van der Waals surface area contributed by atoms with Gasteiger partial charge in [0.1, 0.15) is 23.8 Å². The van der Waals surface area contributed by atoms with Crippen molar-refractivity contribution >= 4 is 11.6 Å². The second-order valence-electron chi connectivity index (χ2n) is 4.64. The van der Waals surface area contributed by atoms with Crippen LogP contribution in [0.25, 0.3) is 0 Å². The van der Waals surface area contributed by atoms with Gasteiger partial charge in [0.05, 0.1) is 0 Å². The summed E-state index contributed by atoms with van der Waals surface area (Å²) in [6, 6.07) is 8.65. The van der Waals surface area contributed by atoms with Crippen molar-refractivity contribution in [3.05, 3.63) is 48.0 Å². The largest absolute Gasteiger partial charge is 0.370 e. The van der Waals surface area contributed by atoms with Crippen molar-refractivity contribution in [2.45, 2.75) is 19.9 Å². The first-order valence-electron chi connectivity index (χ1n) is 6.71. The van der Waals surface area contributed by atoms with Crippen molar-refractivity contribution in [1.82, 2.24) is 9.97 Å². The molecule has 1 aromatic heterocycles. The Morgan fingerprint density at radius 3 is 2.80 bits per heavy atom. The summed E-state index contributed by atoms with van der Waals surface area (Å²) >= 11 is 0. The van der Waals surface area contributed by atoms with Crippen molar-refractivity contribution < 1.29 is 4.39 Å². The summed E-state index contributed by atoms with van der Waals surface area (Å²) in [5, 5.41) is 3.21. The summed E-state index contributed by atoms with van der Waals surface area (Å²) in [7, 11) is 1.89. The van der Waals surface area contributed by atoms with Gasteiger partial charge in [-0.15, -0.1) is 0 Å². The molecule has 0 spiro atoms. The Hall–Kier alpha value is -2.17. The number of halogens is 1. The van der Waals surface area contributed by atoms with Gasteiger partial charge in [-0.2, -0.15) is 0 Å². The van der Waals surface area contributed by atoms with E-state index in [0.29, 0.717) is 12.1 Å². The minimum atomic E-state index is -0.197. The monoisotopic (exact) mass is 274 g/mol. The lowest BCUT2D eigenvalue weighted by molar-refractivity contribution is 0.607. The van der Waals surface area contributed by atoms with E-state index in [9.17, 15) is 4.39 Å². The molecule has 0 aliphatic rings. The van der Waals surface area contributed by atoms with Crippen LogP contribution in [0, 0.1) is 5.82 Å². The maximum absolute atomic E-state index is 13.6. The van der Waals surface area contributed by atoms with E-state index < -0.39 is 0 Å². The lowest BCUT2D eigenvalue weighted by Gasteiger charge is -2.19. The van der Waals surface area contributed by atoms with E-state index in [1.165, 1.54) is 12.4 Å². The van der Waals surface area contributed by atoms with Crippen LogP contribution in [0.5, 0.6) is 0 Å². The van der Waals surface area contributed by atoms with Crippen LogP contribution in [0.2, 0.25) is 0 Å². The van der Waals surface area contributed by atoms with Gasteiger partial charge in [-0.25, -0.2) is 14.4 Å². The molecule has 20 heavy (non-hydrogen) atoms. The van der Waals surface area contributed by atoms with E-state index in [1.807, 2.05) is 24.1 Å². The van der Waals surface area contributed by atoms with Crippen molar-refractivity contribution in [2.24, 2.45) is 0 Å². The van der Waals surface area contributed by atoms with Crippen molar-refractivity contribution in [2.75, 3.05) is 23.8 Å². The average molecular weight is 274 g/mol. The number of nitrogens with one attached hydrogen (secondary N) is 1. The highest BCUT2D eigenvalue weighted by Crippen LogP contribution is 2.16. The van der Waals surface area contributed by atoms with Gasteiger partial charge < -0.3 is 10.2 Å². The van der Waals surface area contributed by atoms with E-state index in [-0.39, 0.29) is 5.82 Å². The van der Waals surface area contributed by atoms with Crippen LogP contribution >= 0.6 is 0 Å². The summed E-state index contributed by atoms with van der Waals surface area (Å²) in [4.78, 5) is 10.3. The number of benzene rings is 1. The van der Waals surface area contributed by atoms with E-state index in [1.54, 1.807) is 12.1 Å². The first-order chi connectivity index (χ1) is 9.70. The Labute approximate surface area is 118 Å². The smallest absolute Gasteiger partial charge is 0.134 e. The minimum absolute atomic E-state index is 0.197. The minimum Gasteiger partial charge on any atom is -0.370 e. The molecule has 5 heteroatoms. The summed E-state index contributed by atoms with van der Waals surface area (Å²) in [6.45, 7) is 3.43. The number of aromatic nitrogens is 2. The Balaban J connectivity index is 2.09. The fourth-order valence-corrected chi connectivity index (χ4v) is 1.87. The van der Waals surface area contributed by atoms with Gasteiger partial charge in [-0.1, -0.05) is 25.1 Å². The predicted molar refractivity (Wildman–Crippen MR) is 79.3 cm³/mol. The summed E-state index contributed by atoms with van der Waals surface area (Å²) in [6.07, 6.45) is 2.55. The highest BCUT2D eigenvalue weighted by molar-refractivity contribution is 5.48. The van der Waals surface area contributed by atoms with Crippen molar-refractivity contribution in [1.29, 1.82) is 0 Å². The SMILES string of the molecule is CCCNc1cc(N(C)Cc2ccccc2F)ncn1. The van der Waals surface area contributed by atoms with Gasteiger partial charge in [0.25, 0.3) is 0 Å². The molecule has 0 saturated carbocycles. The van der Waals surface area contributed by atoms with Crippen LogP contribution in [0.4, 0.5) is 16.0 Å². The third-order valence-corrected chi connectivity index (χ3v) is 2.97. The van der Waals surface area contributed by atoms with Crippen LogP contribution in [0.15, 0.2) is 36.7 Å². The number of nitrogens with zero attached hydrogens (tertiary/aromatic N) is 3. The Kier molecular flexibility index (Phi) is 4.87. The zero-order chi connectivity index (χ0) is 14.4. The molecule has 0 unspecified atom stereocenters. The zero-order valence-electron chi connectivity index (χ0n) is 11.8. The van der Waals surface area contributed by atoms with Crippen molar-refractivity contribution in [3.63, 3.8) is 0 Å². The third kappa shape index (κ3) is 3.66. The molecule has 0 fully saturated rings. The lowest BCUT2D eigenvalue weighted by atomic mass is 10.2. The molecule has 1 heterocycles. The quantitative estimate of drug-likeness (QED) is 0.879. The average Bonchev–Trinajstić information content (AvgIpc) is 2.48. The van der Waals surface area contributed by atoms with Gasteiger partial charge in [-0.3, -0.25) is 0 Å². The van der Waals surface area contributed by atoms with E-state index in [4.69, 9.17) is 0 Å². The van der Waals surface area contributed by atoms with Crippen LogP contribution in [0.1, 0.15) is 18.9 Å². The lowest BCUT2D eigenvalue weighted by Crippen LogP contribution is -2.19. The second-order valence-corrected chi connectivity index (χ2v) is 4.64. The number of hydrogen-bond donors (Lipinski definition) is 1. The van der Waals surface area contributed by atoms with Gasteiger partial charge >= 0.3 is 0 Å². The third-order valence-electron chi connectivity index (χ3n) is 2.97. The van der Waals surface area contributed by atoms with Crippen LogP contribution in [0.3, 0.4) is 0 Å². The second kappa shape index (κ2) is 6.84. The summed E-state index contributed by atoms with van der Waals surface area (Å²) in [5.74, 6) is 1.36. The van der Waals surface area contributed by atoms with Gasteiger partial charge in [0.2, 0.25) is 0 Å². The van der Waals surface area contributed by atoms with Crippen LogP contribution in [-0.4, -0.2) is 23.6 Å². The molecular weight excluding hydrogens is 255 g/mol. The fraction of sp³-hybridized carbons (Fsp3) is 0.333. The van der Waals surface area contributed by atoms with Crippen LogP contribution in [-0.2, 0) is 6.54 Å². The van der Waals surface area contributed by atoms with Crippen LogP contribution < -0.4 is 10.2 Å². The molecule has 0 saturated heterocycles. The Bertz CT molecular complexity index is 559. The topological polar surface area (TPSA) is 41.0 Å². The zero-order valence-corrected chi connectivity index (χ0v) is 11.8. The summed E-state index contributed by atoms with van der Waals surface area (Å²) in [5.41, 5.74) is 0.650. The molecule has 1 aromatic carbocycles. The standard InChI is InChI=1S/C15H19FN4/c1-3-8-17-14-9-15(19-11-18-14)20(2)10-12-6-4-5-7-13(12)16/h4-7,9,11H,3,8,10H2,1-2H3,(H,17,18,19). The van der Waals surface area contributed by atoms with Gasteiger partial charge in [-0.05, 0) is 12.5 Å². The van der Waals surface area contributed by atoms with Gasteiger partial charge in [0.15, 0.2) is 0 Å². The number of anilines is 2. The molecule has 106 valence electrons. The predicted octanol–water partition coefficient (Wildman–Crippen LogP) is 3.07. The van der Waals surface area contributed by atoms with E-state index in [0.717, 1.165) is 24.6 Å². The molecule has 2 rings (SSSR count). The van der Waals surface area contributed by atoms with E-state index >= 15 is 0 Å². The van der Waals surface area contributed by atoms with E-state index in [2.05, 4.69) is 22.2 Å². The Morgan fingerprint density at radius 1 is 1.25 bits per heavy atom. The first kappa shape index (κ1) is 14.2. The molecule has 1 N–H and O–H groups in total. The normalized spacial score (nSPS) is 10.3. The highest BCUT2D eigenvalue weighted by atomic mass is 19.1. The summed E-state index contributed by atoms with van der Waals surface area (Å²) < 4.78 is 13.6. The molecule has 0 aliphatic heterocycles. The number of hydrogen-bond acceptors (Lipinski definition) is 4. The highest BCUT2D eigenvalue weighted by Gasteiger charge is 2.08. The van der Waals surface area contributed by atoms with Gasteiger partial charge in [0, 0.05) is 31.8 Å². The molecule has 0 atom stereocenters. The molecule has 2 aromatic rings. The first-order valence-corrected chi connectivity index (χ1v) is 6.71. The Morgan fingerprint density at radius 2 is 2.05 bits per heavy atom. The molecular formula is C15H19FN4. The molecule has 0 aliphatic carbocycles. The number of rotatable bonds is 6. The fourth-order valence-electron chi connectivity index (χ4n) is 1.87. The maximum atomic E-state index is 13.6. The molecule has 0 radical (unpaired) electrons. The molecule has 0 bridgehead atoms. The maximum Gasteiger partial charge on any atom is 0.134 e. The molecule has 4 nitrogen and oxygen atoms in total.